The van der Waals surface area contributed by atoms with E-state index in [1.807, 2.05) is 0 Å². The van der Waals surface area contributed by atoms with Gasteiger partial charge in [0.1, 0.15) is 45.9 Å². The molecular weight excluding hydrogens is 369 g/mol. The van der Waals surface area contributed by atoms with Crippen LogP contribution in [0.15, 0.2) is 9.47 Å². The Balaban J connectivity index is 1.91. The van der Waals surface area contributed by atoms with Gasteiger partial charge in [0.2, 0.25) is 0 Å². The first-order valence-corrected chi connectivity index (χ1v) is 7.44. The van der Waals surface area contributed by atoms with Crippen LogP contribution in [0.1, 0.15) is 0 Å². The number of fused-ring (bicyclic) bond motifs is 1. The van der Waals surface area contributed by atoms with Gasteiger partial charge >= 0.3 is 0 Å². The molecule has 10 heteroatoms. The summed E-state index contributed by atoms with van der Waals surface area (Å²) < 4.78 is 11.4. The van der Waals surface area contributed by atoms with Crippen molar-refractivity contribution in [3.05, 3.63) is 6.33 Å². The average molecular weight is 381 g/mol. The first kappa shape index (κ1) is 13.1. The summed E-state index contributed by atoms with van der Waals surface area (Å²) in [5, 5.41) is 28.8. The van der Waals surface area contributed by atoms with Gasteiger partial charge < -0.3 is 25.8 Å². The van der Waals surface area contributed by atoms with Crippen molar-refractivity contribution in [2.75, 3.05) is 15.5 Å². The third-order valence-electron chi connectivity index (χ3n) is 2.98. The summed E-state index contributed by atoms with van der Waals surface area (Å²) in [6.45, 7) is -0.364. The summed E-state index contributed by atoms with van der Waals surface area (Å²) >= 11 is -0.856. The second-order valence-corrected chi connectivity index (χ2v) is 6.08. The highest BCUT2D eigenvalue weighted by molar-refractivity contribution is 14.2. The van der Waals surface area contributed by atoms with Crippen molar-refractivity contribution in [3.8, 4) is 0 Å². The van der Waals surface area contributed by atoms with Crippen molar-refractivity contribution in [1.82, 2.24) is 9.97 Å². The van der Waals surface area contributed by atoms with E-state index in [0.717, 1.165) is 0 Å². The molecule has 2 aliphatic rings. The second kappa shape index (κ2) is 4.86. The van der Waals surface area contributed by atoms with Crippen LogP contribution in [0.25, 0.3) is 0 Å². The van der Waals surface area contributed by atoms with Crippen molar-refractivity contribution < 1.29 is 20.1 Å². The van der Waals surface area contributed by atoms with Gasteiger partial charge in [0.15, 0.2) is 23.6 Å². The minimum Gasteiger partial charge on any atom is -0.394 e. The maximum Gasteiger partial charge on any atom is 0.172 e. The number of aliphatic hydroxyl groups excluding tert-OH is 3. The van der Waals surface area contributed by atoms with Gasteiger partial charge in [-0.25, -0.2) is 9.97 Å². The molecule has 0 aliphatic carbocycles. The topological polar surface area (TPSA) is 137 Å². The minimum atomic E-state index is -1.14. The van der Waals surface area contributed by atoms with Crippen molar-refractivity contribution >= 4 is 38.6 Å². The van der Waals surface area contributed by atoms with E-state index in [1.165, 1.54) is 6.33 Å². The van der Waals surface area contributed by atoms with Gasteiger partial charge in [-0.1, -0.05) is 0 Å². The number of halogens is 1. The molecule has 1 unspecified atom stereocenters. The predicted molar refractivity (Wildman–Crippen MR) is 72.8 cm³/mol. The van der Waals surface area contributed by atoms with Crippen LogP contribution >= 0.6 is 21.3 Å². The van der Waals surface area contributed by atoms with Crippen LogP contribution in [0.2, 0.25) is 0 Å². The summed E-state index contributed by atoms with van der Waals surface area (Å²) in [5.74, 6) is 0.772. The van der Waals surface area contributed by atoms with Crippen LogP contribution in [-0.4, -0.2) is 56.4 Å². The highest BCUT2D eigenvalue weighted by atomic mass is 127. The van der Waals surface area contributed by atoms with Gasteiger partial charge in [0, 0.05) is 0 Å². The molecule has 0 bridgehead atoms. The SMILES string of the molecule is Nc1ncnc2c1N=IN2[C@@H]1O[C@H](CO)[C@H](O)C1O. The lowest BCUT2D eigenvalue weighted by atomic mass is 10.1. The molecule has 1 aromatic heterocycles. The number of nitrogens with two attached hydrogens (primary N) is 1. The normalized spacial score (nSPS) is 33.3. The van der Waals surface area contributed by atoms with Crippen LogP contribution in [-0.2, 0) is 4.74 Å². The maximum absolute atomic E-state index is 9.99. The Labute approximate surface area is 118 Å². The Hall–Kier alpha value is -0.950. The fraction of sp³-hybridized carbons (Fsp3) is 0.556. The second-order valence-electron chi connectivity index (χ2n) is 4.13. The Bertz CT molecular complexity index is 529. The van der Waals surface area contributed by atoms with Gasteiger partial charge in [0.25, 0.3) is 0 Å². The molecule has 2 aliphatic heterocycles. The number of aromatic nitrogens is 2. The van der Waals surface area contributed by atoms with Crippen LogP contribution in [0.4, 0.5) is 17.3 Å². The molecule has 1 saturated heterocycles. The summed E-state index contributed by atoms with van der Waals surface area (Å²) in [7, 11) is 0. The molecule has 3 rings (SSSR count). The number of hydrogen-bond donors (Lipinski definition) is 4. The molecule has 1 fully saturated rings. The van der Waals surface area contributed by atoms with E-state index >= 15 is 0 Å². The van der Waals surface area contributed by atoms with E-state index in [0.29, 0.717) is 11.5 Å². The zero-order valence-electron chi connectivity index (χ0n) is 9.59. The molecule has 4 atom stereocenters. The fourth-order valence-electron chi connectivity index (χ4n) is 1.97. The standard InChI is InChI=1S/C9H12IN5O4/c11-7-4-8(13-2-12-7)15(10-14-4)9-6(18)5(17)3(1-16)19-9/h2-3,5-6,9,16-18H,1H2,(H2,11,12,13)/t3-,5+,6?,9-/m1/s1. The molecule has 0 spiro atoms. The number of ether oxygens (including phenoxy) is 1. The van der Waals surface area contributed by atoms with E-state index in [2.05, 4.69) is 13.1 Å². The molecular formula is C9H12IN5O4. The third-order valence-corrected chi connectivity index (χ3v) is 5.15. The molecule has 0 amide bonds. The van der Waals surface area contributed by atoms with Crippen LogP contribution < -0.4 is 8.85 Å². The quantitative estimate of drug-likeness (QED) is 0.379. The van der Waals surface area contributed by atoms with Crippen LogP contribution in [0.5, 0.6) is 0 Å². The summed E-state index contributed by atoms with van der Waals surface area (Å²) in [6.07, 6.45) is -2.55. The lowest BCUT2D eigenvalue weighted by Gasteiger charge is -2.23. The van der Waals surface area contributed by atoms with Gasteiger partial charge in [-0.2, -0.15) is 3.15 Å². The van der Waals surface area contributed by atoms with E-state index in [9.17, 15) is 10.2 Å². The van der Waals surface area contributed by atoms with Crippen LogP contribution in [0, 0.1) is 0 Å². The highest BCUT2D eigenvalue weighted by Crippen LogP contribution is 2.46. The van der Waals surface area contributed by atoms with E-state index in [4.69, 9.17) is 15.6 Å². The number of rotatable bonds is 2. The van der Waals surface area contributed by atoms with Crippen molar-refractivity contribution in [3.63, 3.8) is 0 Å². The molecule has 9 nitrogen and oxygen atoms in total. The van der Waals surface area contributed by atoms with Gasteiger partial charge in [0.05, 0.1) is 6.61 Å². The first-order chi connectivity index (χ1) is 9.13. The number of nitrogens with zero attached hydrogens (tertiary/aromatic N) is 4. The number of nitrogen functional groups attached to an aromatic ring is 1. The predicted octanol–water partition coefficient (Wildman–Crippen LogP) is -0.981. The fourth-order valence-corrected chi connectivity index (χ4v) is 4.14. The van der Waals surface area contributed by atoms with E-state index < -0.39 is 45.8 Å². The molecule has 1 aromatic rings. The number of anilines is 2. The monoisotopic (exact) mass is 381 g/mol. The summed E-state index contributed by atoms with van der Waals surface area (Å²) in [4.78, 5) is 7.94. The molecule has 104 valence electrons. The van der Waals surface area contributed by atoms with Crippen LogP contribution in [0.3, 0.4) is 0 Å². The zero-order valence-corrected chi connectivity index (χ0v) is 11.7. The number of aliphatic hydroxyl groups is 3. The number of hydrogen-bond acceptors (Lipinski definition) is 9. The Morgan fingerprint density at radius 1 is 1.37 bits per heavy atom. The maximum atomic E-state index is 9.99. The van der Waals surface area contributed by atoms with Gasteiger partial charge in [-0.3, -0.25) is 3.11 Å². The lowest BCUT2D eigenvalue weighted by Crippen LogP contribution is -2.39. The molecule has 0 radical (unpaired) electrons. The molecule has 19 heavy (non-hydrogen) atoms. The highest BCUT2D eigenvalue weighted by Gasteiger charge is 2.47. The van der Waals surface area contributed by atoms with Crippen molar-refractivity contribution in [2.24, 2.45) is 3.15 Å². The van der Waals surface area contributed by atoms with E-state index in [1.54, 1.807) is 3.11 Å². The lowest BCUT2D eigenvalue weighted by molar-refractivity contribution is -0.0175. The van der Waals surface area contributed by atoms with E-state index in [-0.39, 0.29) is 12.4 Å². The molecule has 0 aromatic carbocycles. The average Bonchev–Trinajstić information content (AvgIpc) is 2.94. The third kappa shape index (κ3) is 1.99. The molecule has 3 heterocycles. The van der Waals surface area contributed by atoms with Crippen molar-refractivity contribution in [1.29, 1.82) is 0 Å². The Morgan fingerprint density at radius 2 is 2.16 bits per heavy atom. The molecule has 5 N–H and O–H groups in total. The summed E-state index contributed by atoms with van der Waals surface area (Å²) in [5.41, 5.74) is 6.20. The Morgan fingerprint density at radius 3 is 2.84 bits per heavy atom. The molecule has 0 saturated carbocycles. The van der Waals surface area contributed by atoms with Gasteiger partial charge in [-0.15, -0.1) is 0 Å². The van der Waals surface area contributed by atoms with Crippen molar-refractivity contribution in [2.45, 2.75) is 24.5 Å². The first-order valence-electron chi connectivity index (χ1n) is 5.51. The smallest absolute Gasteiger partial charge is 0.172 e. The Kier molecular flexibility index (Phi) is 3.34. The minimum absolute atomic E-state index is 0.277. The summed E-state index contributed by atoms with van der Waals surface area (Å²) in [6, 6.07) is 0. The zero-order chi connectivity index (χ0) is 13.6. The largest absolute Gasteiger partial charge is 0.394 e. The van der Waals surface area contributed by atoms with Gasteiger partial charge in [-0.05, 0) is 0 Å².